The highest BCUT2D eigenvalue weighted by Gasteiger charge is 2.25. The summed E-state index contributed by atoms with van der Waals surface area (Å²) < 4.78 is 18.3. The van der Waals surface area contributed by atoms with E-state index in [4.69, 9.17) is 10.5 Å². The van der Waals surface area contributed by atoms with Gasteiger partial charge < -0.3 is 15.4 Å². The van der Waals surface area contributed by atoms with Crippen molar-refractivity contribution in [3.63, 3.8) is 0 Å². The van der Waals surface area contributed by atoms with Crippen LogP contribution in [0.25, 0.3) is 0 Å². The number of amides is 1. The molecule has 1 unspecified atom stereocenters. The quantitative estimate of drug-likeness (QED) is 0.914. The first-order chi connectivity index (χ1) is 8.69. The second-order valence-electron chi connectivity index (χ2n) is 4.37. The number of carbonyl (C=O) groups is 1. The largest absolute Gasteiger partial charge is 0.484 e. The lowest BCUT2D eigenvalue weighted by molar-refractivity contribution is -0.132. The Bertz CT molecular complexity index is 431. The molecule has 0 spiro atoms. The van der Waals surface area contributed by atoms with Crippen molar-refractivity contribution in [2.75, 3.05) is 19.7 Å². The van der Waals surface area contributed by atoms with Crippen molar-refractivity contribution in [1.82, 2.24) is 4.90 Å². The van der Waals surface area contributed by atoms with Crippen molar-refractivity contribution in [3.8, 4) is 5.75 Å². The molecule has 19 heavy (non-hydrogen) atoms. The number of likely N-dealkylation sites (tertiary alicyclic amines) is 1. The molecular weight excluding hydrogens is 271 g/mol. The Morgan fingerprint density at radius 1 is 1.53 bits per heavy atom. The fourth-order valence-corrected chi connectivity index (χ4v) is 1.94. The van der Waals surface area contributed by atoms with Gasteiger partial charge in [0.25, 0.3) is 5.91 Å². The second kappa shape index (κ2) is 7.31. The van der Waals surface area contributed by atoms with E-state index in [-0.39, 0.29) is 31.5 Å². The number of hydrogen-bond donors (Lipinski definition) is 1. The van der Waals surface area contributed by atoms with Crippen LogP contribution in [0.15, 0.2) is 24.3 Å². The maximum Gasteiger partial charge on any atom is 0.260 e. The van der Waals surface area contributed by atoms with Crippen LogP contribution in [-0.2, 0) is 11.3 Å². The minimum atomic E-state index is -0.894. The van der Waals surface area contributed by atoms with E-state index in [1.807, 2.05) is 12.1 Å². The number of carbonyl (C=O) groups excluding carboxylic acids is 1. The van der Waals surface area contributed by atoms with Gasteiger partial charge in [-0.15, -0.1) is 12.4 Å². The molecule has 1 aliphatic heterocycles. The Labute approximate surface area is 118 Å². The molecular formula is C13H18ClFN2O2. The number of ether oxygens (including phenoxy) is 1. The third-order valence-corrected chi connectivity index (χ3v) is 2.98. The van der Waals surface area contributed by atoms with Crippen LogP contribution in [0.3, 0.4) is 0 Å². The summed E-state index contributed by atoms with van der Waals surface area (Å²) in [7, 11) is 0. The average molecular weight is 289 g/mol. The van der Waals surface area contributed by atoms with E-state index in [0.717, 1.165) is 5.56 Å². The van der Waals surface area contributed by atoms with Crippen molar-refractivity contribution in [1.29, 1.82) is 0 Å². The highest BCUT2D eigenvalue weighted by atomic mass is 35.5. The van der Waals surface area contributed by atoms with Crippen molar-refractivity contribution in [2.45, 2.75) is 19.1 Å². The molecule has 1 heterocycles. The zero-order valence-electron chi connectivity index (χ0n) is 10.5. The Kier molecular flexibility index (Phi) is 6.05. The lowest BCUT2D eigenvalue weighted by atomic mass is 10.2. The van der Waals surface area contributed by atoms with Crippen LogP contribution in [0, 0.1) is 0 Å². The number of rotatable bonds is 4. The van der Waals surface area contributed by atoms with Gasteiger partial charge in [0.1, 0.15) is 11.9 Å². The number of nitrogens with zero attached hydrogens (tertiary/aromatic N) is 1. The molecule has 0 saturated carbocycles. The monoisotopic (exact) mass is 288 g/mol. The first kappa shape index (κ1) is 15.7. The molecule has 1 aromatic carbocycles. The third kappa shape index (κ3) is 4.36. The van der Waals surface area contributed by atoms with Crippen LogP contribution in [0.1, 0.15) is 12.0 Å². The zero-order chi connectivity index (χ0) is 13.0. The topological polar surface area (TPSA) is 55.6 Å². The van der Waals surface area contributed by atoms with Gasteiger partial charge in [-0.25, -0.2) is 4.39 Å². The van der Waals surface area contributed by atoms with Gasteiger partial charge in [0.2, 0.25) is 0 Å². The molecule has 0 radical (unpaired) electrons. The van der Waals surface area contributed by atoms with Crippen LogP contribution in [0.2, 0.25) is 0 Å². The summed E-state index contributed by atoms with van der Waals surface area (Å²) in [5, 5.41) is 0. The molecule has 1 saturated heterocycles. The van der Waals surface area contributed by atoms with E-state index >= 15 is 0 Å². The number of hydrogen-bond acceptors (Lipinski definition) is 3. The Morgan fingerprint density at radius 2 is 2.32 bits per heavy atom. The predicted octanol–water partition coefficient (Wildman–Crippen LogP) is 1.52. The van der Waals surface area contributed by atoms with Crippen molar-refractivity contribution < 1.29 is 13.9 Å². The van der Waals surface area contributed by atoms with Gasteiger partial charge in [0.15, 0.2) is 6.61 Å². The average Bonchev–Trinajstić information content (AvgIpc) is 2.83. The van der Waals surface area contributed by atoms with E-state index in [9.17, 15) is 9.18 Å². The van der Waals surface area contributed by atoms with E-state index in [0.29, 0.717) is 25.3 Å². The van der Waals surface area contributed by atoms with Gasteiger partial charge in [-0.1, -0.05) is 12.1 Å². The molecule has 6 heteroatoms. The summed E-state index contributed by atoms with van der Waals surface area (Å²) in [6.07, 6.45) is -0.469. The number of halogens is 2. The predicted molar refractivity (Wildman–Crippen MR) is 73.2 cm³/mol. The molecule has 0 aromatic heterocycles. The van der Waals surface area contributed by atoms with Gasteiger partial charge >= 0.3 is 0 Å². The molecule has 106 valence electrons. The molecule has 1 aliphatic rings. The SMILES string of the molecule is Cl.NCc1cccc(OCC(=O)N2CCC(F)C2)c1. The van der Waals surface area contributed by atoms with E-state index in [1.54, 1.807) is 12.1 Å². The molecule has 1 atom stereocenters. The first-order valence-electron chi connectivity index (χ1n) is 6.02. The number of benzene rings is 1. The maximum atomic E-state index is 12.9. The summed E-state index contributed by atoms with van der Waals surface area (Å²) >= 11 is 0. The van der Waals surface area contributed by atoms with Crippen LogP contribution in [-0.4, -0.2) is 36.7 Å². The molecule has 1 fully saturated rings. The van der Waals surface area contributed by atoms with Crippen LogP contribution >= 0.6 is 12.4 Å². The lowest BCUT2D eigenvalue weighted by Gasteiger charge is -2.15. The fraction of sp³-hybridized carbons (Fsp3) is 0.462. The molecule has 1 aromatic rings. The molecule has 2 rings (SSSR count). The molecule has 1 amide bonds. The van der Waals surface area contributed by atoms with E-state index in [1.165, 1.54) is 4.90 Å². The minimum Gasteiger partial charge on any atom is -0.484 e. The molecule has 0 aliphatic carbocycles. The van der Waals surface area contributed by atoms with Crippen LogP contribution in [0.5, 0.6) is 5.75 Å². The summed E-state index contributed by atoms with van der Waals surface area (Å²) in [4.78, 5) is 13.2. The van der Waals surface area contributed by atoms with Gasteiger partial charge in [0.05, 0.1) is 6.54 Å². The van der Waals surface area contributed by atoms with Gasteiger partial charge in [-0.05, 0) is 24.1 Å². The van der Waals surface area contributed by atoms with E-state index in [2.05, 4.69) is 0 Å². The number of nitrogens with two attached hydrogens (primary N) is 1. The van der Waals surface area contributed by atoms with Crippen LogP contribution in [0.4, 0.5) is 4.39 Å². The summed E-state index contributed by atoms with van der Waals surface area (Å²) in [5.74, 6) is 0.440. The van der Waals surface area contributed by atoms with Gasteiger partial charge in [-0.2, -0.15) is 0 Å². The molecule has 0 bridgehead atoms. The van der Waals surface area contributed by atoms with Crippen molar-refractivity contribution >= 4 is 18.3 Å². The van der Waals surface area contributed by atoms with Gasteiger partial charge in [0, 0.05) is 13.1 Å². The molecule has 4 nitrogen and oxygen atoms in total. The Balaban J connectivity index is 0.00000180. The third-order valence-electron chi connectivity index (χ3n) is 2.98. The fourth-order valence-electron chi connectivity index (χ4n) is 1.94. The molecule has 2 N–H and O–H groups in total. The van der Waals surface area contributed by atoms with Crippen molar-refractivity contribution in [2.24, 2.45) is 5.73 Å². The van der Waals surface area contributed by atoms with Gasteiger partial charge in [-0.3, -0.25) is 4.79 Å². The van der Waals surface area contributed by atoms with Crippen molar-refractivity contribution in [3.05, 3.63) is 29.8 Å². The zero-order valence-corrected chi connectivity index (χ0v) is 11.4. The number of alkyl halides is 1. The Morgan fingerprint density at radius 3 is 2.95 bits per heavy atom. The minimum absolute atomic E-state index is 0. The summed E-state index contributed by atoms with van der Waals surface area (Å²) in [6.45, 7) is 1.04. The maximum absolute atomic E-state index is 12.9. The Hall–Kier alpha value is -1.33. The van der Waals surface area contributed by atoms with E-state index < -0.39 is 6.17 Å². The lowest BCUT2D eigenvalue weighted by Crippen LogP contribution is -2.33. The summed E-state index contributed by atoms with van der Waals surface area (Å²) in [5.41, 5.74) is 6.47. The first-order valence-corrected chi connectivity index (χ1v) is 6.02. The summed E-state index contributed by atoms with van der Waals surface area (Å²) in [6, 6.07) is 7.29. The normalized spacial score (nSPS) is 18.0. The second-order valence-corrected chi connectivity index (χ2v) is 4.37. The smallest absolute Gasteiger partial charge is 0.260 e. The van der Waals surface area contributed by atoms with Crippen LogP contribution < -0.4 is 10.5 Å². The highest BCUT2D eigenvalue weighted by molar-refractivity contribution is 5.85. The standard InChI is InChI=1S/C13H17FN2O2.ClH/c14-11-4-5-16(8-11)13(17)9-18-12-3-1-2-10(6-12)7-15;/h1-3,6,11H,4-5,7-9,15H2;1H. The highest BCUT2D eigenvalue weighted by Crippen LogP contribution is 2.15.